The minimum atomic E-state index is -8.56. The van der Waals surface area contributed by atoms with Crippen molar-refractivity contribution in [3.63, 3.8) is 0 Å². The summed E-state index contributed by atoms with van der Waals surface area (Å²) in [6, 6.07) is 0. The molecule has 0 aromatic rings. The van der Waals surface area contributed by atoms with Crippen molar-refractivity contribution in [3.05, 3.63) is 0 Å². The Morgan fingerprint density at radius 2 is 0.500 bits per heavy atom. The van der Waals surface area contributed by atoms with Crippen molar-refractivity contribution in [1.82, 2.24) is 0 Å². The van der Waals surface area contributed by atoms with Crippen LogP contribution in [0.1, 0.15) is 20.8 Å². The maximum absolute atomic E-state index is 12.9. The van der Waals surface area contributed by atoms with Gasteiger partial charge in [0, 0.05) is 6.92 Å². The van der Waals surface area contributed by atoms with Crippen molar-refractivity contribution in [2.45, 2.75) is 68.4 Å². The number of hydrogen-bond acceptors (Lipinski definition) is 0. The van der Waals surface area contributed by atoms with Crippen LogP contribution in [0.15, 0.2) is 0 Å². The summed E-state index contributed by atoms with van der Waals surface area (Å²) in [5.41, 5.74) is 0. The fourth-order valence-electron chi connectivity index (χ4n) is 1.24. The first-order valence-corrected chi connectivity index (χ1v) is 6.46. The fraction of sp³-hybridized carbons (Fsp3) is 1.00. The van der Waals surface area contributed by atoms with E-state index in [-0.39, 0.29) is 0 Å². The molecule has 0 radical (unpaired) electrons. The minimum Gasteiger partial charge on any atom is -0.200 e. The molecule has 0 nitrogen and oxygen atoms in total. The maximum atomic E-state index is 12.9. The molecule has 0 aromatic carbocycles. The lowest BCUT2D eigenvalue weighted by Gasteiger charge is -2.42. The highest BCUT2D eigenvalue weighted by molar-refractivity contribution is 5.14. The number of hydrogen-bond donors (Lipinski definition) is 0. The third kappa shape index (κ3) is 3.68. The Morgan fingerprint density at radius 1 is 0.321 bits per heavy atom. The highest BCUT2D eigenvalue weighted by Gasteiger charge is 2.94. The first-order valence-electron chi connectivity index (χ1n) is 6.46. The van der Waals surface area contributed by atoms with Gasteiger partial charge in [0.25, 0.3) is 0 Å². The molecule has 0 N–H and O–H groups in total. The van der Waals surface area contributed by atoms with Gasteiger partial charge in [0.2, 0.25) is 0 Å². The largest absolute Gasteiger partial charge is 0.460 e. The van der Waals surface area contributed by atoms with Gasteiger partial charge in [0.1, 0.15) is 0 Å². The zero-order valence-electron chi connectivity index (χ0n) is 13.4. The van der Waals surface area contributed by atoms with Gasteiger partial charge in [-0.05, 0) is 0 Å². The smallest absolute Gasteiger partial charge is 0.200 e. The molecule has 28 heavy (non-hydrogen) atoms. The van der Waals surface area contributed by atoms with Crippen LogP contribution in [0.5, 0.6) is 0 Å². The van der Waals surface area contributed by atoms with Crippen LogP contribution in [0, 0.1) is 0 Å². The van der Waals surface area contributed by atoms with Gasteiger partial charge in [-0.25, -0.2) is 0 Å². The first kappa shape index (κ1) is 29.0. The van der Waals surface area contributed by atoms with E-state index in [4.69, 9.17) is 0 Å². The van der Waals surface area contributed by atoms with Gasteiger partial charge < -0.3 is 0 Å². The van der Waals surface area contributed by atoms with Gasteiger partial charge >= 0.3 is 47.6 Å². The van der Waals surface area contributed by atoms with Gasteiger partial charge in [-0.15, -0.1) is 0 Å². The first-order chi connectivity index (χ1) is 11.8. The van der Waals surface area contributed by atoms with Crippen molar-refractivity contribution in [1.29, 1.82) is 0 Å². The summed E-state index contributed by atoms with van der Waals surface area (Å²) >= 11 is 0. The lowest BCUT2D eigenvalue weighted by molar-refractivity contribution is -0.460. The minimum absolute atomic E-state index is 1.25. The lowest BCUT2D eigenvalue weighted by Crippen LogP contribution is -2.74. The van der Waals surface area contributed by atoms with Crippen LogP contribution >= 0.6 is 0 Å². The molecule has 0 bridgehead atoms. The topological polar surface area (TPSA) is 0 Å². The quantitative estimate of drug-likeness (QED) is 0.370. The molecule has 0 rings (SSSR count). The van der Waals surface area contributed by atoms with Crippen molar-refractivity contribution >= 4 is 0 Å². The molecule has 172 valence electrons. The van der Waals surface area contributed by atoms with Crippen LogP contribution < -0.4 is 0 Å². The standard InChI is InChI=1S/C9H3F17.C2H6/c1-2(10,11)3(12,13)4(14,15)5(16,17)6(18,19)7(20,21)8(22,23)9(24,25)26;1-2/h1H3;1-2H3. The summed E-state index contributed by atoms with van der Waals surface area (Å²) < 4.78 is 213. The molecule has 0 saturated carbocycles. The summed E-state index contributed by atoms with van der Waals surface area (Å²) in [5, 5.41) is 0. The molecule has 0 heterocycles. The van der Waals surface area contributed by atoms with E-state index >= 15 is 0 Å². The Kier molecular flexibility index (Phi) is 7.51. The number of alkyl halides is 17. The molecule has 0 unspecified atom stereocenters. The normalized spacial score (nSPS) is 15.9. The van der Waals surface area contributed by atoms with Gasteiger partial charge in [0.05, 0.1) is 0 Å². The average Bonchev–Trinajstić information content (AvgIpc) is 2.45. The van der Waals surface area contributed by atoms with Crippen LogP contribution in [0.3, 0.4) is 0 Å². The molecular formula is C11H9F17. The average molecular weight is 464 g/mol. The van der Waals surface area contributed by atoms with Crippen molar-refractivity contribution < 1.29 is 74.6 Å². The monoisotopic (exact) mass is 464 g/mol. The fourth-order valence-corrected chi connectivity index (χ4v) is 1.24. The molecule has 0 fully saturated rings. The second kappa shape index (κ2) is 7.25. The Hall–Kier alpha value is -1.19. The van der Waals surface area contributed by atoms with E-state index in [9.17, 15) is 74.6 Å². The van der Waals surface area contributed by atoms with E-state index in [1.807, 2.05) is 13.8 Å². The second-order valence-electron chi connectivity index (χ2n) is 4.83. The highest BCUT2D eigenvalue weighted by Crippen LogP contribution is 2.63. The third-order valence-electron chi connectivity index (χ3n) is 2.88. The molecule has 0 saturated heterocycles. The highest BCUT2D eigenvalue weighted by atomic mass is 19.4. The SMILES string of the molecule is CC.CC(F)(F)C(F)(F)C(F)(F)C(F)(F)C(F)(F)C(F)(F)C(F)(F)C(F)(F)F. The summed E-state index contributed by atoms with van der Waals surface area (Å²) in [6.07, 6.45) is -7.73. The zero-order chi connectivity index (χ0) is 24.0. The predicted molar refractivity (Wildman–Crippen MR) is 57.7 cm³/mol. The summed E-state index contributed by atoms with van der Waals surface area (Å²) in [4.78, 5) is 0. The molecule has 0 aliphatic heterocycles. The molecule has 0 aromatic heterocycles. The molecule has 17 heteroatoms. The summed E-state index contributed by atoms with van der Waals surface area (Å²) in [5.74, 6) is -55.7. The van der Waals surface area contributed by atoms with E-state index in [2.05, 4.69) is 0 Å². The van der Waals surface area contributed by atoms with E-state index in [1.54, 1.807) is 0 Å². The van der Waals surface area contributed by atoms with Gasteiger partial charge in [-0.2, -0.15) is 74.6 Å². The summed E-state index contributed by atoms with van der Waals surface area (Å²) in [7, 11) is 0. The maximum Gasteiger partial charge on any atom is 0.460 e. The van der Waals surface area contributed by atoms with Crippen LogP contribution in [-0.2, 0) is 0 Å². The van der Waals surface area contributed by atoms with Gasteiger partial charge in [-0.1, -0.05) is 13.8 Å². The molecule has 0 atom stereocenters. The van der Waals surface area contributed by atoms with Gasteiger partial charge in [-0.3, -0.25) is 0 Å². The van der Waals surface area contributed by atoms with Crippen LogP contribution in [0.2, 0.25) is 0 Å². The number of rotatable bonds is 6. The van der Waals surface area contributed by atoms with Gasteiger partial charge in [0.15, 0.2) is 0 Å². The number of halogens is 17. The van der Waals surface area contributed by atoms with Crippen molar-refractivity contribution in [2.24, 2.45) is 0 Å². The van der Waals surface area contributed by atoms with E-state index in [1.165, 1.54) is 0 Å². The second-order valence-corrected chi connectivity index (χ2v) is 4.83. The molecule has 0 amide bonds. The Balaban J connectivity index is 0. The van der Waals surface area contributed by atoms with E-state index in [0.717, 1.165) is 0 Å². The molecule has 0 aliphatic rings. The van der Waals surface area contributed by atoms with E-state index in [0.29, 0.717) is 0 Å². The summed E-state index contributed by atoms with van der Waals surface area (Å²) in [6.45, 7) is 2.75. The predicted octanol–water partition coefficient (Wildman–Crippen LogP) is 7.04. The molecule has 0 spiro atoms. The zero-order valence-corrected chi connectivity index (χ0v) is 13.4. The van der Waals surface area contributed by atoms with Crippen LogP contribution in [0.25, 0.3) is 0 Å². The van der Waals surface area contributed by atoms with E-state index < -0.39 is 54.6 Å². The van der Waals surface area contributed by atoms with Crippen LogP contribution in [-0.4, -0.2) is 47.6 Å². The Bertz CT molecular complexity index is 472. The van der Waals surface area contributed by atoms with Crippen molar-refractivity contribution in [2.75, 3.05) is 0 Å². The molecular weight excluding hydrogens is 455 g/mol. The molecule has 0 aliphatic carbocycles. The van der Waals surface area contributed by atoms with Crippen LogP contribution in [0.4, 0.5) is 74.6 Å². The third-order valence-corrected chi connectivity index (χ3v) is 2.88. The Morgan fingerprint density at radius 3 is 0.679 bits per heavy atom. The van der Waals surface area contributed by atoms with Crippen molar-refractivity contribution in [3.8, 4) is 0 Å². The Labute approximate surface area is 144 Å². The lowest BCUT2D eigenvalue weighted by atomic mass is 9.89.